The van der Waals surface area contributed by atoms with Gasteiger partial charge in [-0.25, -0.2) is 9.78 Å². The number of aromatic nitrogens is 1. The maximum absolute atomic E-state index is 11.1. The summed E-state index contributed by atoms with van der Waals surface area (Å²) in [6, 6.07) is 9.47. The minimum atomic E-state index is -0.167. The largest absolute Gasteiger partial charge is 0.336 e. The fourth-order valence-electron chi connectivity index (χ4n) is 2.00. The summed E-state index contributed by atoms with van der Waals surface area (Å²) < 4.78 is 0. The van der Waals surface area contributed by atoms with Crippen LogP contribution in [-0.2, 0) is 0 Å². The molecule has 1 aliphatic rings. The van der Waals surface area contributed by atoms with Gasteiger partial charge in [-0.1, -0.05) is 29.8 Å². The molecule has 1 aliphatic heterocycles. The molecule has 0 radical (unpaired) electrons. The summed E-state index contributed by atoms with van der Waals surface area (Å²) in [6.45, 7) is 0.540. The standard InChI is InChI=1S/C12H10ClN3O/c13-11-8(10-6-14-12(17)16-10)5-7-3-1-2-4-9(7)15-11/h1-5,10H,6H2,(H2,14,16,17)/t10-/m0/s1. The van der Waals surface area contributed by atoms with Crippen LogP contribution < -0.4 is 10.6 Å². The van der Waals surface area contributed by atoms with E-state index in [0.717, 1.165) is 16.5 Å². The quantitative estimate of drug-likeness (QED) is 0.760. The molecule has 86 valence electrons. The van der Waals surface area contributed by atoms with E-state index in [1.54, 1.807) is 0 Å². The second-order valence-electron chi connectivity index (χ2n) is 3.97. The van der Waals surface area contributed by atoms with Gasteiger partial charge in [0.25, 0.3) is 0 Å². The number of fused-ring (bicyclic) bond motifs is 1. The zero-order valence-corrected chi connectivity index (χ0v) is 9.66. The van der Waals surface area contributed by atoms with Gasteiger partial charge in [0.15, 0.2) is 0 Å². The number of carbonyl (C=O) groups is 1. The van der Waals surface area contributed by atoms with Crippen LogP contribution in [0.5, 0.6) is 0 Å². The van der Waals surface area contributed by atoms with Crippen LogP contribution >= 0.6 is 11.6 Å². The Morgan fingerprint density at radius 3 is 2.94 bits per heavy atom. The zero-order valence-electron chi connectivity index (χ0n) is 8.90. The Morgan fingerprint density at radius 2 is 2.18 bits per heavy atom. The van der Waals surface area contributed by atoms with E-state index in [4.69, 9.17) is 11.6 Å². The van der Waals surface area contributed by atoms with E-state index in [9.17, 15) is 4.79 Å². The number of halogens is 1. The fourth-order valence-corrected chi connectivity index (χ4v) is 2.27. The van der Waals surface area contributed by atoms with E-state index < -0.39 is 0 Å². The number of para-hydroxylation sites is 1. The first-order chi connectivity index (χ1) is 8.24. The molecular weight excluding hydrogens is 238 g/mol. The molecule has 2 amide bonds. The van der Waals surface area contributed by atoms with Gasteiger partial charge in [0.05, 0.1) is 11.6 Å². The molecule has 0 bridgehead atoms. The number of carbonyl (C=O) groups excluding carboxylic acids is 1. The Labute approximate surface area is 103 Å². The first-order valence-electron chi connectivity index (χ1n) is 5.33. The first-order valence-corrected chi connectivity index (χ1v) is 5.71. The Balaban J connectivity index is 2.10. The van der Waals surface area contributed by atoms with Crippen LogP contribution in [0.3, 0.4) is 0 Å². The topological polar surface area (TPSA) is 54.0 Å². The number of rotatable bonds is 1. The maximum atomic E-state index is 11.1. The summed E-state index contributed by atoms with van der Waals surface area (Å²) in [4.78, 5) is 15.4. The van der Waals surface area contributed by atoms with Crippen molar-refractivity contribution in [1.29, 1.82) is 0 Å². The van der Waals surface area contributed by atoms with Gasteiger partial charge in [-0.15, -0.1) is 0 Å². The first kappa shape index (κ1) is 10.4. The molecule has 3 rings (SSSR count). The van der Waals surface area contributed by atoms with Crippen molar-refractivity contribution >= 4 is 28.5 Å². The third-order valence-electron chi connectivity index (χ3n) is 2.85. The summed E-state index contributed by atoms with van der Waals surface area (Å²) in [5.74, 6) is 0. The van der Waals surface area contributed by atoms with Gasteiger partial charge in [0.2, 0.25) is 0 Å². The van der Waals surface area contributed by atoms with Crippen molar-refractivity contribution in [3.8, 4) is 0 Å². The van der Waals surface area contributed by atoms with Crippen LogP contribution in [0.25, 0.3) is 10.9 Å². The molecule has 0 saturated carbocycles. The van der Waals surface area contributed by atoms with E-state index in [0.29, 0.717) is 11.7 Å². The Bertz CT molecular complexity index is 599. The fraction of sp³-hybridized carbons (Fsp3) is 0.167. The molecule has 2 aromatic rings. The van der Waals surface area contributed by atoms with Gasteiger partial charge in [-0.2, -0.15) is 0 Å². The molecule has 0 spiro atoms. The SMILES string of the molecule is O=C1NC[C@@H](c2cc3ccccc3nc2Cl)N1. The molecule has 17 heavy (non-hydrogen) atoms. The summed E-state index contributed by atoms with van der Waals surface area (Å²) in [6.07, 6.45) is 0. The van der Waals surface area contributed by atoms with E-state index in [2.05, 4.69) is 15.6 Å². The number of hydrogen-bond donors (Lipinski definition) is 2. The van der Waals surface area contributed by atoms with E-state index >= 15 is 0 Å². The van der Waals surface area contributed by atoms with Crippen LogP contribution in [0.4, 0.5) is 4.79 Å². The van der Waals surface area contributed by atoms with Gasteiger partial charge in [0, 0.05) is 17.5 Å². The number of hydrogen-bond acceptors (Lipinski definition) is 2. The molecule has 2 N–H and O–H groups in total. The molecule has 0 unspecified atom stereocenters. The normalized spacial score (nSPS) is 19.1. The van der Waals surface area contributed by atoms with Crippen LogP contribution in [-0.4, -0.2) is 17.6 Å². The average molecular weight is 248 g/mol. The average Bonchev–Trinajstić information content (AvgIpc) is 2.75. The predicted molar refractivity (Wildman–Crippen MR) is 66.0 cm³/mol. The van der Waals surface area contributed by atoms with Crippen molar-refractivity contribution in [1.82, 2.24) is 15.6 Å². The lowest BCUT2D eigenvalue weighted by Gasteiger charge is -2.11. The van der Waals surface area contributed by atoms with Crippen molar-refractivity contribution < 1.29 is 4.79 Å². The van der Waals surface area contributed by atoms with Gasteiger partial charge in [-0.05, 0) is 12.1 Å². The van der Waals surface area contributed by atoms with Crippen LogP contribution in [0.2, 0.25) is 5.15 Å². The zero-order chi connectivity index (χ0) is 11.8. The van der Waals surface area contributed by atoms with Gasteiger partial charge in [-0.3, -0.25) is 0 Å². The minimum absolute atomic E-state index is 0.105. The summed E-state index contributed by atoms with van der Waals surface area (Å²) in [5.41, 5.74) is 1.71. The molecule has 1 aromatic carbocycles. The monoisotopic (exact) mass is 247 g/mol. The Morgan fingerprint density at radius 1 is 1.35 bits per heavy atom. The second-order valence-corrected chi connectivity index (χ2v) is 4.33. The van der Waals surface area contributed by atoms with Crippen LogP contribution in [0.15, 0.2) is 30.3 Å². The smallest absolute Gasteiger partial charge is 0.315 e. The van der Waals surface area contributed by atoms with E-state index in [1.807, 2.05) is 30.3 Å². The molecule has 1 fully saturated rings. The number of nitrogens with one attached hydrogen (secondary N) is 2. The number of pyridine rings is 1. The second kappa shape index (κ2) is 3.89. The van der Waals surface area contributed by atoms with E-state index in [-0.39, 0.29) is 12.1 Å². The highest BCUT2D eigenvalue weighted by molar-refractivity contribution is 6.30. The number of benzene rings is 1. The highest BCUT2D eigenvalue weighted by Crippen LogP contribution is 2.26. The van der Waals surface area contributed by atoms with Gasteiger partial charge in [0.1, 0.15) is 5.15 Å². The number of amides is 2. The lowest BCUT2D eigenvalue weighted by molar-refractivity contribution is 0.247. The lowest BCUT2D eigenvalue weighted by Crippen LogP contribution is -2.21. The van der Waals surface area contributed by atoms with Crippen molar-refractivity contribution in [3.63, 3.8) is 0 Å². The third kappa shape index (κ3) is 1.80. The van der Waals surface area contributed by atoms with Crippen molar-refractivity contribution in [3.05, 3.63) is 41.0 Å². The van der Waals surface area contributed by atoms with Gasteiger partial charge < -0.3 is 10.6 Å². The molecule has 4 nitrogen and oxygen atoms in total. The Hall–Kier alpha value is -1.81. The molecule has 1 saturated heterocycles. The van der Waals surface area contributed by atoms with Crippen molar-refractivity contribution in [2.75, 3.05) is 6.54 Å². The predicted octanol–water partition coefficient (Wildman–Crippen LogP) is 2.24. The summed E-state index contributed by atoms with van der Waals surface area (Å²) >= 11 is 6.14. The number of nitrogens with zero attached hydrogens (tertiary/aromatic N) is 1. The summed E-state index contributed by atoms with van der Waals surface area (Å²) in [7, 11) is 0. The molecule has 1 aromatic heterocycles. The number of urea groups is 1. The highest BCUT2D eigenvalue weighted by atomic mass is 35.5. The Kier molecular flexibility index (Phi) is 2.37. The molecule has 1 atom stereocenters. The van der Waals surface area contributed by atoms with Crippen LogP contribution in [0.1, 0.15) is 11.6 Å². The molecule has 0 aliphatic carbocycles. The van der Waals surface area contributed by atoms with Crippen molar-refractivity contribution in [2.45, 2.75) is 6.04 Å². The molecule has 2 heterocycles. The third-order valence-corrected chi connectivity index (χ3v) is 3.15. The maximum Gasteiger partial charge on any atom is 0.315 e. The summed E-state index contributed by atoms with van der Waals surface area (Å²) in [5, 5.41) is 6.97. The lowest BCUT2D eigenvalue weighted by atomic mass is 10.1. The van der Waals surface area contributed by atoms with Crippen LogP contribution in [0, 0.1) is 0 Å². The molecule has 5 heteroatoms. The van der Waals surface area contributed by atoms with Crippen molar-refractivity contribution in [2.24, 2.45) is 0 Å². The van der Waals surface area contributed by atoms with Gasteiger partial charge >= 0.3 is 6.03 Å². The minimum Gasteiger partial charge on any atom is -0.336 e. The molecular formula is C12H10ClN3O. The highest BCUT2D eigenvalue weighted by Gasteiger charge is 2.24. The van der Waals surface area contributed by atoms with E-state index in [1.165, 1.54) is 0 Å².